The largest absolute Gasteiger partial charge is 0.369 e. The van der Waals surface area contributed by atoms with Crippen molar-refractivity contribution in [3.8, 4) is 0 Å². The molecule has 3 aliphatic rings. The van der Waals surface area contributed by atoms with Crippen molar-refractivity contribution < 1.29 is 9.53 Å². The molecule has 1 saturated carbocycles. The minimum absolute atomic E-state index is 0.0407. The van der Waals surface area contributed by atoms with E-state index in [-0.39, 0.29) is 22.8 Å². The van der Waals surface area contributed by atoms with Crippen LogP contribution in [0.25, 0.3) is 4.85 Å². The van der Waals surface area contributed by atoms with Gasteiger partial charge in [0.2, 0.25) is 11.9 Å². The van der Waals surface area contributed by atoms with E-state index in [4.69, 9.17) is 11.3 Å². The first-order valence-electron chi connectivity index (χ1n) is 10.1. The molecule has 0 spiro atoms. The Morgan fingerprint density at radius 2 is 2.00 bits per heavy atom. The van der Waals surface area contributed by atoms with Gasteiger partial charge < -0.3 is 14.9 Å². The van der Waals surface area contributed by atoms with E-state index in [0.29, 0.717) is 17.8 Å². The first kappa shape index (κ1) is 19.4. The molecule has 4 heteroatoms. The number of carbonyl (C=O) groups is 1. The molecule has 144 valence electrons. The quantitative estimate of drug-likeness (QED) is 0.456. The minimum Gasteiger partial charge on any atom is -0.369 e. The molecular weight excluding hydrogens is 324 g/mol. The van der Waals surface area contributed by atoms with Crippen LogP contribution in [-0.2, 0) is 9.53 Å². The molecule has 1 aliphatic heterocycles. The van der Waals surface area contributed by atoms with Crippen molar-refractivity contribution in [2.45, 2.75) is 95.9 Å². The van der Waals surface area contributed by atoms with Gasteiger partial charge in [-0.1, -0.05) is 11.6 Å². The van der Waals surface area contributed by atoms with Crippen LogP contribution in [0.3, 0.4) is 0 Å². The fraction of sp³-hybridized carbons (Fsp3) is 0.818. The Bertz CT molecular complexity index is 635. The van der Waals surface area contributed by atoms with Gasteiger partial charge in [-0.15, -0.1) is 0 Å². The molecule has 1 saturated heterocycles. The van der Waals surface area contributed by atoms with Crippen molar-refractivity contribution in [3.05, 3.63) is 23.1 Å². The summed E-state index contributed by atoms with van der Waals surface area (Å²) in [7, 11) is 0. The third-order valence-corrected chi connectivity index (χ3v) is 7.61. The summed E-state index contributed by atoms with van der Waals surface area (Å²) in [6, 6.07) is 0. The summed E-state index contributed by atoms with van der Waals surface area (Å²) in [5.41, 5.74) is 0.709. The second-order valence-electron chi connectivity index (χ2n) is 9.79. The number of fused-ring (bicyclic) bond motifs is 1. The van der Waals surface area contributed by atoms with E-state index in [0.717, 1.165) is 44.9 Å². The van der Waals surface area contributed by atoms with Gasteiger partial charge in [0.15, 0.2) is 0 Å². The van der Waals surface area contributed by atoms with Crippen LogP contribution in [0.4, 0.5) is 0 Å². The third kappa shape index (κ3) is 3.20. The summed E-state index contributed by atoms with van der Waals surface area (Å²) in [5.74, 6) is 1.32. The topological polar surface area (TPSA) is 42.7 Å². The lowest BCUT2D eigenvalue weighted by Gasteiger charge is -2.50. The second kappa shape index (κ2) is 6.68. The van der Waals surface area contributed by atoms with E-state index in [1.54, 1.807) is 0 Å². The van der Waals surface area contributed by atoms with E-state index < -0.39 is 0 Å². The monoisotopic (exact) mass is 358 g/mol. The molecule has 6 atom stereocenters. The fourth-order valence-electron chi connectivity index (χ4n) is 5.79. The highest BCUT2D eigenvalue weighted by Crippen LogP contribution is 2.55. The summed E-state index contributed by atoms with van der Waals surface area (Å²) in [5, 5.41) is 2.93. The van der Waals surface area contributed by atoms with E-state index in [1.807, 2.05) is 13.8 Å². The van der Waals surface area contributed by atoms with E-state index in [9.17, 15) is 4.79 Å². The molecule has 0 aromatic rings. The molecule has 26 heavy (non-hydrogen) atoms. The summed E-state index contributed by atoms with van der Waals surface area (Å²) < 4.78 is 6.66. The lowest BCUT2D eigenvalue weighted by atomic mass is 9.56. The maximum absolute atomic E-state index is 11.0. The fourth-order valence-corrected chi connectivity index (χ4v) is 5.79. The predicted octanol–water partition coefficient (Wildman–Crippen LogP) is 4.51. The SMILES string of the molecule is [C-]#[N+][C@]1(C)CC[C@@H]([C@]2(C)CC[C@H](C(C)(C)NC=O)O2)[C@@H]2C=C(C)CC[C@@H]21. The highest BCUT2D eigenvalue weighted by atomic mass is 16.5. The smallest absolute Gasteiger partial charge is 0.233 e. The van der Waals surface area contributed by atoms with Gasteiger partial charge >= 0.3 is 0 Å². The zero-order chi connectivity index (χ0) is 19.2. The summed E-state index contributed by atoms with van der Waals surface area (Å²) in [6.45, 7) is 18.5. The van der Waals surface area contributed by atoms with Gasteiger partial charge in [-0.3, -0.25) is 4.79 Å². The Morgan fingerprint density at radius 3 is 2.65 bits per heavy atom. The van der Waals surface area contributed by atoms with E-state index in [2.05, 4.69) is 37.0 Å². The van der Waals surface area contributed by atoms with E-state index >= 15 is 0 Å². The number of nitrogens with one attached hydrogen (secondary N) is 1. The molecule has 0 aromatic carbocycles. The van der Waals surface area contributed by atoms with Crippen molar-refractivity contribution in [3.63, 3.8) is 0 Å². The predicted molar refractivity (Wildman–Crippen MR) is 103 cm³/mol. The Kier molecular flexibility index (Phi) is 4.99. The van der Waals surface area contributed by atoms with Gasteiger partial charge in [-0.05, 0) is 71.6 Å². The van der Waals surface area contributed by atoms with Crippen molar-refractivity contribution >= 4 is 6.41 Å². The van der Waals surface area contributed by atoms with Crippen LogP contribution >= 0.6 is 0 Å². The third-order valence-electron chi connectivity index (χ3n) is 7.61. The Labute approximate surface area is 158 Å². The normalized spacial score (nSPS) is 43.2. The molecule has 0 bridgehead atoms. The van der Waals surface area contributed by atoms with E-state index in [1.165, 1.54) is 5.57 Å². The van der Waals surface area contributed by atoms with Gasteiger partial charge in [-0.25, -0.2) is 6.57 Å². The number of nitrogens with zero attached hydrogens (tertiary/aromatic N) is 1. The zero-order valence-corrected chi connectivity index (χ0v) is 17.0. The summed E-state index contributed by atoms with van der Waals surface area (Å²) in [4.78, 5) is 15.0. The van der Waals surface area contributed by atoms with Crippen molar-refractivity contribution in [2.24, 2.45) is 17.8 Å². The number of hydrogen-bond acceptors (Lipinski definition) is 2. The number of amides is 1. The average Bonchev–Trinajstić information content (AvgIpc) is 2.99. The van der Waals surface area contributed by atoms with Crippen molar-refractivity contribution in [1.82, 2.24) is 5.32 Å². The standard InChI is InChI=1S/C22H34N2O2/c1-15-7-8-17-16(13-15)18(9-11-21(17,4)23-6)22(5)12-10-19(26-22)20(2,3)24-14-25/h13-14,16-19H,7-12H2,1-5H3,(H,24,25)/t16-,17+,18-,19-,21-,22+/m1/s1. The number of rotatable bonds is 4. The molecule has 0 unspecified atom stereocenters. The number of allylic oxidation sites excluding steroid dienone is 2. The average molecular weight is 359 g/mol. The van der Waals surface area contributed by atoms with Crippen LogP contribution < -0.4 is 5.32 Å². The van der Waals surface area contributed by atoms with Gasteiger partial charge in [0.1, 0.15) is 0 Å². The maximum Gasteiger partial charge on any atom is 0.233 e. The van der Waals surface area contributed by atoms with Gasteiger partial charge in [-0.2, -0.15) is 0 Å². The lowest BCUT2D eigenvalue weighted by Crippen LogP contribution is -2.54. The molecule has 1 heterocycles. The molecule has 0 radical (unpaired) electrons. The molecular formula is C22H34N2O2. The first-order chi connectivity index (χ1) is 12.1. The van der Waals surface area contributed by atoms with Crippen molar-refractivity contribution in [1.29, 1.82) is 0 Å². The van der Waals surface area contributed by atoms with Crippen LogP contribution in [0.2, 0.25) is 0 Å². The molecule has 4 nitrogen and oxygen atoms in total. The summed E-state index contributed by atoms with van der Waals surface area (Å²) in [6.07, 6.45) is 9.54. The highest BCUT2D eigenvalue weighted by Gasteiger charge is 2.57. The Morgan fingerprint density at radius 1 is 1.27 bits per heavy atom. The molecule has 1 amide bonds. The maximum atomic E-state index is 11.0. The highest BCUT2D eigenvalue weighted by molar-refractivity contribution is 5.48. The van der Waals surface area contributed by atoms with Crippen LogP contribution in [0.15, 0.2) is 11.6 Å². The zero-order valence-electron chi connectivity index (χ0n) is 17.0. The Hall–Kier alpha value is -1.34. The van der Waals surface area contributed by atoms with Crippen LogP contribution in [0, 0.1) is 24.3 Å². The van der Waals surface area contributed by atoms with Crippen LogP contribution in [-0.4, -0.2) is 29.2 Å². The molecule has 3 rings (SSSR count). The first-order valence-corrected chi connectivity index (χ1v) is 10.1. The van der Waals surface area contributed by atoms with Crippen LogP contribution in [0.5, 0.6) is 0 Å². The number of carbonyl (C=O) groups excluding carboxylic acids is 1. The Balaban J connectivity index is 1.86. The molecule has 2 fully saturated rings. The molecule has 2 aliphatic carbocycles. The minimum atomic E-state index is -0.350. The van der Waals surface area contributed by atoms with Gasteiger partial charge in [0.05, 0.1) is 17.2 Å². The van der Waals surface area contributed by atoms with Crippen LogP contribution in [0.1, 0.15) is 73.1 Å². The van der Waals surface area contributed by atoms with Gasteiger partial charge in [0, 0.05) is 19.3 Å². The van der Waals surface area contributed by atoms with Crippen molar-refractivity contribution in [2.75, 3.05) is 0 Å². The molecule has 0 aromatic heterocycles. The molecule has 1 N–H and O–H groups in total. The lowest BCUT2D eigenvalue weighted by molar-refractivity contribution is -0.127. The number of ether oxygens (including phenoxy) is 1. The number of hydrogen-bond donors (Lipinski definition) is 1. The van der Waals surface area contributed by atoms with Gasteiger partial charge in [0.25, 0.3) is 0 Å². The second-order valence-corrected chi connectivity index (χ2v) is 9.79. The summed E-state index contributed by atoms with van der Waals surface area (Å²) >= 11 is 0.